The van der Waals surface area contributed by atoms with E-state index in [-0.39, 0.29) is 12.4 Å². The van der Waals surface area contributed by atoms with Crippen molar-refractivity contribution in [3.05, 3.63) is 0 Å². The predicted octanol–water partition coefficient (Wildman–Crippen LogP) is -0.553. The second-order valence-electron chi connectivity index (χ2n) is 3.65. The van der Waals surface area contributed by atoms with E-state index in [0.29, 0.717) is 0 Å². The van der Waals surface area contributed by atoms with Crippen LogP contribution in [0.3, 0.4) is 0 Å². The van der Waals surface area contributed by atoms with Gasteiger partial charge in [0.1, 0.15) is 0 Å². The zero-order chi connectivity index (χ0) is 5.56. The van der Waals surface area contributed by atoms with Crippen molar-refractivity contribution in [2.75, 3.05) is 0 Å². The van der Waals surface area contributed by atoms with E-state index in [9.17, 15) is 0 Å². The minimum atomic E-state index is 0. The Labute approximate surface area is 63.4 Å². The highest BCUT2D eigenvalue weighted by Gasteiger charge is 2.36. The van der Waals surface area contributed by atoms with E-state index < -0.39 is 0 Å². The van der Waals surface area contributed by atoms with E-state index in [0.717, 1.165) is 17.8 Å². The molecular weight excluding hydrogens is 132 g/mol. The van der Waals surface area contributed by atoms with Crippen LogP contribution in [0.4, 0.5) is 0 Å². The van der Waals surface area contributed by atoms with Gasteiger partial charge in [0.2, 0.25) is 0 Å². The van der Waals surface area contributed by atoms with Crippen LogP contribution >= 0.6 is 0 Å². The number of rotatable bonds is 0. The van der Waals surface area contributed by atoms with Gasteiger partial charge in [0.15, 0.2) is 0 Å². The highest BCUT2D eigenvalue weighted by molar-refractivity contribution is 4.87. The molecule has 0 aromatic carbocycles. The lowest BCUT2D eigenvalue weighted by Gasteiger charge is -2.15. The number of hydrogen-bond acceptors (Lipinski definition) is 0. The molecule has 0 aromatic heterocycles. The van der Waals surface area contributed by atoms with Gasteiger partial charge in [-0.05, 0) is 37.0 Å². The summed E-state index contributed by atoms with van der Waals surface area (Å²) >= 11 is 0. The van der Waals surface area contributed by atoms with E-state index >= 15 is 0 Å². The Bertz CT molecular complexity index is 98.7. The Hall–Kier alpha value is 0.290. The molecule has 0 aliphatic heterocycles. The molecule has 2 bridgehead atoms. The van der Waals surface area contributed by atoms with Crippen molar-refractivity contribution in [2.45, 2.75) is 32.6 Å². The average Bonchev–Trinajstić information content (AvgIpc) is 2.23. The molecular formula is C8H14Cl-. The summed E-state index contributed by atoms with van der Waals surface area (Å²) in [5.41, 5.74) is 0. The average molecular weight is 146 g/mol. The van der Waals surface area contributed by atoms with Crippen molar-refractivity contribution in [1.82, 2.24) is 0 Å². The number of halogens is 1. The van der Waals surface area contributed by atoms with Gasteiger partial charge in [-0.15, -0.1) is 0 Å². The molecule has 0 radical (unpaired) electrons. The monoisotopic (exact) mass is 145 g/mol. The van der Waals surface area contributed by atoms with Gasteiger partial charge in [0, 0.05) is 0 Å². The molecule has 0 heterocycles. The van der Waals surface area contributed by atoms with Crippen molar-refractivity contribution in [3.8, 4) is 0 Å². The minimum absolute atomic E-state index is 0. The molecule has 0 spiro atoms. The molecule has 2 saturated carbocycles. The first-order valence-electron chi connectivity index (χ1n) is 3.86. The van der Waals surface area contributed by atoms with Gasteiger partial charge in [0.05, 0.1) is 0 Å². The Morgan fingerprint density at radius 1 is 1.11 bits per heavy atom. The fourth-order valence-corrected chi connectivity index (χ4v) is 2.56. The predicted molar refractivity (Wildman–Crippen MR) is 34.6 cm³/mol. The lowest BCUT2D eigenvalue weighted by Crippen LogP contribution is -3.00. The molecule has 3 unspecified atom stereocenters. The summed E-state index contributed by atoms with van der Waals surface area (Å²) in [6.07, 6.45) is 6.21. The Kier molecular flexibility index (Phi) is 2.05. The molecule has 3 atom stereocenters. The Morgan fingerprint density at radius 3 is 2.11 bits per heavy atom. The van der Waals surface area contributed by atoms with Crippen LogP contribution in [0.2, 0.25) is 0 Å². The van der Waals surface area contributed by atoms with Crippen LogP contribution in [0, 0.1) is 17.8 Å². The van der Waals surface area contributed by atoms with Gasteiger partial charge in [-0.1, -0.05) is 13.3 Å². The Balaban J connectivity index is 0.000000405. The normalized spacial score (nSPS) is 47.0. The maximum Gasteiger partial charge on any atom is -0.0386 e. The van der Waals surface area contributed by atoms with Gasteiger partial charge < -0.3 is 12.4 Å². The summed E-state index contributed by atoms with van der Waals surface area (Å²) in [6, 6.07) is 0. The third-order valence-electron chi connectivity index (χ3n) is 3.09. The number of hydrogen-bond donors (Lipinski definition) is 0. The summed E-state index contributed by atoms with van der Waals surface area (Å²) in [5, 5.41) is 0. The molecule has 2 aliphatic carbocycles. The topological polar surface area (TPSA) is 0 Å². The molecule has 54 valence electrons. The van der Waals surface area contributed by atoms with Crippen molar-refractivity contribution in [2.24, 2.45) is 17.8 Å². The third kappa shape index (κ3) is 1.10. The maximum atomic E-state index is 2.42. The molecule has 0 saturated heterocycles. The standard InChI is InChI=1S/C8H14.ClH/c1-6-4-7-2-3-8(6)5-7;/h6-8H,2-5H2,1H3;1H/p-1. The van der Waals surface area contributed by atoms with Gasteiger partial charge >= 0.3 is 0 Å². The zero-order valence-corrected chi connectivity index (χ0v) is 6.69. The van der Waals surface area contributed by atoms with Crippen LogP contribution in [-0.2, 0) is 0 Å². The van der Waals surface area contributed by atoms with Crippen molar-refractivity contribution >= 4 is 0 Å². The van der Waals surface area contributed by atoms with E-state index in [1.807, 2.05) is 0 Å². The molecule has 2 aliphatic rings. The van der Waals surface area contributed by atoms with E-state index in [1.54, 1.807) is 25.7 Å². The van der Waals surface area contributed by atoms with E-state index in [1.165, 1.54) is 0 Å². The second kappa shape index (κ2) is 2.49. The summed E-state index contributed by atoms with van der Waals surface area (Å²) in [6.45, 7) is 2.42. The van der Waals surface area contributed by atoms with Crippen molar-refractivity contribution in [1.29, 1.82) is 0 Å². The molecule has 2 rings (SSSR count). The Morgan fingerprint density at radius 2 is 1.89 bits per heavy atom. The van der Waals surface area contributed by atoms with Gasteiger partial charge in [0.25, 0.3) is 0 Å². The zero-order valence-electron chi connectivity index (χ0n) is 5.94. The lowest BCUT2D eigenvalue weighted by atomic mass is 9.91. The molecule has 0 N–H and O–H groups in total. The van der Waals surface area contributed by atoms with E-state index in [2.05, 4.69) is 6.92 Å². The van der Waals surface area contributed by atoms with Gasteiger partial charge in [-0.25, -0.2) is 0 Å². The highest BCUT2D eigenvalue weighted by atomic mass is 35.5. The van der Waals surface area contributed by atoms with Gasteiger partial charge in [-0.3, -0.25) is 0 Å². The largest absolute Gasteiger partial charge is 1.00 e. The molecule has 9 heavy (non-hydrogen) atoms. The van der Waals surface area contributed by atoms with E-state index in [4.69, 9.17) is 0 Å². The van der Waals surface area contributed by atoms with Gasteiger partial charge in [-0.2, -0.15) is 0 Å². The molecule has 0 aromatic rings. The SMILES string of the molecule is CC1CC2CCC1C2.[Cl-]. The third-order valence-corrected chi connectivity index (χ3v) is 3.09. The smallest absolute Gasteiger partial charge is 0.0386 e. The number of fused-ring (bicyclic) bond motifs is 2. The highest BCUT2D eigenvalue weighted by Crippen LogP contribution is 2.47. The lowest BCUT2D eigenvalue weighted by molar-refractivity contribution is -0.00000183. The van der Waals surface area contributed by atoms with Crippen LogP contribution in [0.5, 0.6) is 0 Å². The first-order chi connectivity index (χ1) is 3.86. The molecule has 0 nitrogen and oxygen atoms in total. The molecule has 1 heteroatoms. The van der Waals surface area contributed by atoms with Crippen LogP contribution in [0.15, 0.2) is 0 Å². The first kappa shape index (κ1) is 7.40. The summed E-state index contributed by atoms with van der Waals surface area (Å²) in [7, 11) is 0. The summed E-state index contributed by atoms with van der Waals surface area (Å²) in [5.74, 6) is 3.36. The fraction of sp³-hybridized carbons (Fsp3) is 1.00. The minimum Gasteiger partial charge on any atom is -1.00 e. The van der Waals surface area contributed by atoms with Crippen LogP contribution < -0.4 is 12.4 Å². The summed E-state index contributed by atoms with van der Waals surface area (Å²) in [4.78, 5) is 0. The molecule has 0 amide bonds. The fourth-order valence-electron chi connectivity index (χ4n) is 2.56. The van der Waals surface area contributed by atoms with Crippen molar-refractivity contribution < 1.29 is 12.4 Å². The van der Waals surface area contributed by atoms with Crippen LogP contribution in [-0.4, -0.2) is 0 Å². The quantitative estimate of drug-likeness (QED) is 0.429. The summed E-state index contributed by atoms with van der Waals surface area (Å²) < 4.78 is 0. The first-order valence-corrected chi connectivity index (χ1v) is 3.86. The maximum absolute atomic E-state index is 2.42. The second-order valence-corrected chi connectivity index (χ2v) is 3.65. The van der Waals surface area contributed by atoms with Crippen LogP contribution in [0.25, 0.3) is 0 Å². The molecule has 2 fully saturated rings. The van der Waals surface area contributed by atoms with Crippen LogP contribution in [0.1, 0.15) is 32.6 Å². The van der Waals surface area contributed by atoms with Crippen molar-refractivity contribution in [3.63, 3.8) is 0 Å².